The van der Waals surface area contributed by atoms with Crippen molar-refractivity contribution in [1.29, 1.82) is 0 Å². The number of furan rings is 1. The first-order valence-corrected chi connectivity index (χ1v) is 7.44. The van der Waals surface area contributed by atoms with Crippen molar-refractivity contribution in [3.8, 4) is 0 Å². The molecule has 0 saturated carbocycles. The van der Waals surface area contributed by atoms with Gasteiger partial charge in [0.1, 0.15) is 5.58 Å². The van der Waals surface area contributed by atoms with Gasteiger partial charge >= 0.3 is 0 Å². The molecule has 0 unspecified atom stereocenters. The van der Waals surface area contributed by atoms with Gasteiger partial charge in [-0.15, -0.1) is 0 Å². The Balaban J connectivity index is 1.53. The van der Waals surface area contributed by atoms with Crippen molar-refractivity contribution in [2.75, 3.05) is 11.9 Å². The molecule has 5 nitrogen and oxygen atoms in total. The number of hydrogen-bond donors (Lipinski definition) is 2. The smallest absolute Gasteiger partial charge is 0.253 e. The number of amides is 1. The Morgan fingerprint density at radius 2 is 1.88 bits per heavy atom. The molecule has 134 valence electrons. The zero-order valence-electron chi connectivity index (χ0n) is 13.3. The van der Waals surface area contributed by atoms with E-state index in [-0.39, 0.29) is 5.70 Å². The van der Waals surface area contributed by atoms with E-state index in [1.165, 1.54) is 0 Å². The topological polar surface area (TPSA) is 63.5 Å². The highest BCUT2D eigenvalue weighted by molar-refractivity contribution is 5.91. The first-order chi connectivity index (χ1) is 12.5. The van der Waals surface area contributed by atoms with E-state index in [0.717, 1.165) is 11.5 Å². The van der Waals surface area contributed by atoms with Gasteiger partial charge in [-0.3, -0.25) is 15.1 Å². The highest BCUT2D eigenvalue weighted by Gasteiger charge is 2.15. The number of para-hydroxylation sites is 1. The average Bonchev–Trinajstić information content (AvgIpc) is 3.06. The lowest BCUT2D eigenvalue weighted by atomic mass is 10.2. The molecule has 1 amide bonds. The van der Waals surface area contributed by atoms with Gasteiger partial charge in [-0.25, -0.2) is 13.2 Å². The molecule has 0 aliphatic carbocycles. The number of fused-ring (bicyclic) bond motifs is 1. The van der Waals surface area contributed by atoms with Crippen LogP contribution in [0.5, 0.6) is 0 Å². The first-order valence-electron chi connectivity index (χ1n) is 7.44. The molecule has 26 heavy (non-hydrogen) atoms. The fourth-order valence-electron chi connectivity index (χ4n) is 2.18. The molecule has 1 aromatic heterocycles. The average molecular weight is 362 g/mol. The van der Waals surface area contributed by atoms with Gasteiger partial charge in [0, 0.05) is 5.39 Å². The predicted octanol–water partition coefficient (Wildman–Crippen LogP) is 3.98. The second kappa shape index (κ2) is 7.32. The molecule has 0 saturated heterocycles. The Hall–Kier alpha value is -3.26. The number of carbonyl (C=O) groups is 1. The number of carbonyl (C=O) groups excluding carboxylic acids is 1. The zero-order chi connectivity index (χ0) is 18.7. The van der Waals surface area contributed by atoms with Gasteiger partial charge in [0.05, 0.1) is 11.4 Å². The van der Waals surface area contributed by atoms with Crippen molar-refractivity contribution in [3.05, 3.63) is 72.3 Å². The highest BCUT2D eigenvalue weighted by atomic mass is 19.2. The molecule has 2 aromatic carbocycles. The summed E-state index contributed by atoms with van der Waals surface area (Å²) in [6.45, 7) is 3.19. The summed E-state index contributed by atoms with van der Waals surface area (Å²) >= 11 is 0. The van der Waals surface area contributed by atoms with Gasteiger partial charge in [-0.1, -0.05) is 24.8 Å². The Kier molecular flexibility index (Phi) is 4.94. The second-order valence-corrected chi connectivity index (χ2v) is 5.29. The minimum atomic E-state index is -1.67. The summed E-state index contributed by atoms with van der Waals surface area (Å²) in [6.07, 6.45) is 0. The van der Waals surface area contributed by atoms with Crippen LogP contribution in [-0.2, 0) is 9.63 Å². The normalized spacial score (nSPS) is 10.7. The van der Waals surface area contributed by atoms with Gasteiger partial charge in [0.15, 0.2) is 29.8 Å². The summed E-state index contributed by atoms with van der Waals surface area (Å²) in [5, 5.41) is 2.95. The van der Waals surface area contributed by atoms with Crippen molar-refractivity contribution in [2.24, 2.45) is 0 Å². The molecule has 0 bridgehead atoms. The molecule has 0 fully saturated rings. The first kappa shape index (κ1) is 17.6. The number of benzene rings is 2. The van der Waals surface area contributed by atoms with Crippen molar-refractivity contribution < 1.29 is 27.2 Å². The van der Waals surface area contributed by atoms with Crippen LogP contribution in [-0.4, -0.2) is 12.5 Å². The lowest BCUT2D eigenvalue weighted by Crippen LogP contribution is -2.24. The Morgan fingerprint density at radius 3 is 2.65 bits per heavy atom. The molecule has 3 rings (SSSR count). The van der Waals surface area contributed by atoms with E-state index < -0.39 is 35.7 Å². The van der Waals surface area contributed by atoms with Crippen LogP contribution in [0.3, 0.4) is 0 Å². The predicted molar refractivity (Wildman–Crippen MR) is 89.3 cm³/mol. The van der Waals surface area contributed by atoms with Crippen LogP contribution in [0.25, 0.3) is 16.7 Å². The van der Waals surface area contributed by atoms with Crippen molar-refractivity contribution in [3.63, 3.8) is 0 Å². The third-order valence-electron chi connectivity index (χ3n) is 3.43. The summed E-state index contributed by atoms with van der Waals surface area (Å²) in [6, 6.07) is 10.7. The number of nitrogens with one attached hydrogen (secondary N) is 2. The van der Waals surface area contributed by atoms with Crippen molar-refractivity contribution >= 4 is 28.3 Å². The maximum Gasteiger partial charge on any atom is 0.253 e. The van der Waals surface area contributed by atoms with E-state index in [2.05, 4.69) is 17.4 Å². The maximum absolute atomic E-state index is 13.5. The third kappa shape index (κ3) is 3.70. The number of hydrogen-bond acceptors (Lipinski definition) is 4. The molecule has 0 aliphatic heterocycles. The molecule has 2 N–H and O–H groups in total. The lowest BCUT2D eigenvalue weighted by molar-refractivity contribution is -0.122. The van der Waals surface area contributed by atoms with E-state index in [1.807, 2.05) is 18.2 Å². The molecule has 3 aromatic rings. The van der Waals surface area contributed by atoms with Gasteiger partial charge in [-0.05, 0) is 24.3 Å². The Labute approximate surface area is 146 Å². The summed E-state index contributed by atoms with van der Waals surface area (Å²) in [4.78, 5) is 16.7. The van der Waals surface area contributed by atoms with Crippen LogP contribution in [0.2, 0.25) is 0 Å². The monoisotopic (exact) mass is 362 g/mol. The fraction of sp³-hybridized carbons (Fsp3) is 0.0556. The van der Waals surface area contributed by atoms with Gasteiger partial charge < -0.3 is 9.73 Å². The summed E-state index contributed by atoms with van der Waals surface area (Å²) in [5.74, 6) is -4.86. The van der Waals surface area contributed by atoms with E-state index in [0.29, 0.717) is 17.4 Å². The number of rotatable bonds is 6. The van der Waals surface area contributed by atoms with Crippen molar-refractivity contribution in [2.45, 2.75) is 0 Å². The molecule has 0 atom stereocenters. The molecule has 0 radical (unpaired) electrons. The maximum atomic E-state index is 13.5. The van der Waals surface area contributed by atoms with Crippen LogP contribution in [0.15, 0.2) is 53.5 Å². The van der Waals surface area contributed by atoms with E-state index in [4.69, 9.17) is 9.25 Å². The molecular formula is C18H13F3N2O3. The third-order valence-corrected chi connectivity index (χ3v) is 3.43. The number of hydroxylamine groups is 1. The summed E-state index contributed by atoms with van der Waals surface area (Å²) in [7, 11) is 0. The summed E-state index contributed by atoms with van der Waals surface area (Å²) < 4.78 is 45.0. The van der Waals surface area contributed by atoms with Crippen LogP contribution >= 0.6 is 0 Å². The lowest BCUT2D eigenvalue weighted by Gasteiger charge is -2.09. The Morgan fingerprint density at radius 1 is 1.12 bits per heavy atom. The zero-order valence-corrected chi connectivity index (χ0v) is 13.3. The molecular weight excluding hydrogens is 349 g/mol. The second-order valence-electron chi connectivity index (χ2n) is 5.29. The highest BCUT2D eigenvalue weighted by Crippen LogP contribution is 2.22. The minimum Gasteiger partial charge on any atom is -0.454 e. The van der Waals surface area contributed by atoms with Crippen LogP contribution in [0, 0.1) is 17.5 Å². The van der Waals surface area contributed by atoms with Crippen LogP contribution in [0.4, 0.5) is 18.9 Å². The molecule has 1 heterocycles. The van der Waals surface area contributed by atoms with Gasteiger partial charge in [-0.2, -0.15) is 0 Å². The molecule has 8 heteroatoms. The van der Waals surface area contributed by atoms with Gasteiger partial charge in [0.2, 0.25) is 0 Å². The number of halogens is 3. The molecule has 0 aliphatic rings. The molecule has 0 spiro atoms. The van der Waals surface area contributed by atoms with Crippen LogP contribution in [0.1, 0.15) is 5.76 Å². The van der Waals surface area contributed by atoms with Crippen LogP contribution < -0.4 is 10.8 Å². The summed E-state index contributed by atoms with van der Waals surface area (Å²) in [5.41, 5.74) is 2.88. The standard InChI is InChI=1S/C18H13F3N2O3/c1-10(15-8-11-4-2-3-5-14(11)26-15)23-25-9-16(24)22-13-7-6-12(19)17(20)18(13)21/h2-8,23H,1,9H2,(H,22,24). The van der Waals surface area contributed by atoms with E-state index >= 15 is 0 Å². The van der Waals surface area contributed by atoms with E-state index in [1.54, 1.807) is 12.1 Å². The van der Waals surface area contributed by atoms with E-state index in [9.17, 15) is 18.0 Å². The minimum absolute atomic E-state index is 0.271. The number of anilines is 1. The SMILES string of the molecule is C=C(NOCC(=O)Nc1ccc(F)c(F)c1F)c1cc2ccccc2o1. The largest absolute Gasteiger partial charge is 0.454 e. The Bertz CT molecular complexity index is 952. The fourth-order valence-corrected chi connectivity index (χ4v) is 2.18. The van der Waals surface area contributed by atoms with Gasteiger partial charge in [0.25, 0.3) is 5.91 Å². The quantitative estimate of drug-likeness (QED) is 0.514. The van der Waals surface area contributed by atoms with Crippen molar-refractivity contribution in [1.82, 2.24) is 5.48 Å².